The highest BCUT2D eigenvalue weighted by atomic mass is 16.2. The van der Waals surface area contributed by atoms with Crippen LogP contribution in [-0.2, 0) is 20.9 Å². The Kier molecular flexibility index (Phi) is 5.97. The second-order valence-corrected chi connectivity index (χ2v) is 8.50. The number of nitrogens with zero attached hydrogens (tertiary/aromatic N) is 4. The monoisotopic (exact) mass is 421 g/mol. The molecule has 8 heteroatoms. The summed E-state index contributed by atoms with van der Waals surface area (Å²) in [4.78, 5) is 44.9. The Balaban J connectivity index is 1.53. The van der Waals surface area contributed by atoms with Crippen LogP contribution in [0.4, 0.5) is 0 Å². The third kappa shape index (κ3) is 4.15. The summed E-state index contributed by atoms with van der Waals surface area (Å²) in [7, 11) is 0. The first-order chi connectivity index (χ1) is 15.0. The molecule has 0 spiro atoms. The van der Waals surface area contributed by atoms with Crippen molar-refractivity contribution in [2.24, 2.45) is 17.8 Å². The molecular formula is C23H27N5O3. The van der Waals surface area contributed by atoms with E-state index in [1.165, 1.54) is 4.90 Å². The Bertz CT molecular complexity index is 972. The molecule has 1 aliphatic carbocycles. The highest BCUT2D eigenvalue weighted by Gasteiger charge is 2.51. The number of aromatic nitrogens is 3. The molecule has 162 valence electrons. The number of allylic oxidation sites excluding steroid dienone is 2. The van der Waals surface area contributed by atoms with Crippen molar-refractivity contribution in [3.8, 4) is 5.82 Å². The molecule has 2 aromatic heterocycles. The summed E-state index contributed by atoms with van der Waals surface area (Å²) in [6.07, 6.45) is 10.6. The van der Waals surface area contributed by atoms with E-state index < -0.39 is 6.04 Å². The van der Waals surface area contributed by atoms with Gasteiger partial charge in [-0.05, 0) is 37.3 Å². The van der Waals surface area contributed by atoms with Crippen LogP contribution in [0, 0.1) is 17.8 Å². The topological polar surface area (TPSA) is 97.2 Å². The largest absolute Gasteiger partial charge is 0.350 e. The molecule has 1 aliphatic heterocycles. The van der Waals surface area contributed by atoms with Gasteiger partial charge in [0.2, 0.25) is 17.7 Å². The van der Waals surface area contributed by atoms with Gasteiger partial charge in [0.25, 0.3) is 0 Å². The molecule has 0 radical (unpaired) electrons. The molecule has 1 saturated heterocycles. The van der Waals surface area contributed by atoms with E-state index in [1.807, 2.05) is 32.1 Å². The Labute approximate surface area is 181 Å². The van der Waals surface area contributed by atoms with Crippen molar-refractivity contribution < 1.29 is 14.4 Å². The third-order valence-electron chi connectivity index (χ3n) is 5.89. The van der Waals surface area contributed by atoms with Crippen LogP contribution in [0.1, 0.15) is 38.7 Å². The van der Waals surface area contributed by atoms with Gasteiger partial charge >= 0.3 is 0 Å². The molecule has 0 bridgehead atoms. The van der Waals surface area contributed by atoms with Gasteiger partial charge in [0.1, 0.15) is 6.04 Å². The van der Waals surface area contributed by atoms with E-state index in [9.17, 15) is 14.4 Å². The van der Waals surface area contributed by atoms with Crippen LogP contribution in [0.25, 0.3) is 5.82 Å². The lowest BCUT2D eigenvalue weighted by molar-refractivity contribution is -0.148. The second-order valence-electron chi connectivity index (χ2n) is 8.50. The van der Waals surface area contributed by atoms with Gasteiger partial charge in [-0.1, -0.05) is 32.1 Å². The minimum absolute atomic E-state index is 0.148. The minimum Gasteiger partial charge on any atom is -0.350 e. The molecule has 0 saturated carbocycles. The molecule has 0 aromatic carbocycles. The molecule has 2 aromatic rings. The SMILES string of the molecule is CC(C)C[C@H](C(=O)NCc1cccnc1-n1cccn1)N1C(=O)[C@@H]2CC=CC[C@H]2C1=O. The van der Waals surface area contributed by atoms with Crippen LogP contribution in [0.15, 0.2) is 48.9 Å². The van der Waals surface area contributed by atoms with E-state index in [4.69, 9.17) is 0 Å². The molecule has 1 N–H and O–H groups in total. The van der Waals surface area contributed by atoms with Gasteiger partial charge in [-0.25, -0.2) is 9.67 Å². The smallest absolute Gasteiger partial charge is 0.243 e. The van der Waals surface area contributed by atoms with E-state index in [-0.39, 0.29) is 42.0 Å². The van der Waals surface area contributed by atoms with E-state index in [2.05, 4.69) is 15.4 Å². The first-order valence-corrected chi connectivity index (χ1v) is 10.7. The van der Waals surface area contributed by atoms with Crippen LogP contribution < -0.4 is 5.32 Å². The number of likely N-dealkylation sites (tertiary alicyclic amines) is 1. The molecule has 1 fully saturated rings. The van der Waals surface area contributed by atoms with Crippen molar-refractivity contribution in [2.45, 2.75) is 45.7 Å². The summed E-state index contributed by atoms with van der Waals surface area (Å²) in [6, 6.07) is 4.66. The summed E-state index contributed by atoms with van der Waals surface area (Å²) >= 11 is 0. The maximum Gasteiger partial charge on any atom is 0.243 e. The molecule has 31 heavy (non-hydrogen) atoms. The molecule has 8 nitrogen and oxygen atoms in total. The van der Waals surface area contributed by atoms with Crippen molar-refractivity contribution in [1.82, 2.24) is 25.0 Å². The maximum absolute atomic E-state index is 13.2. The molecule has 3 heterocycles. The fourth-order valence-corrected chi connectivity index (χ4v) is 4.38. The number of imide groups is 1. The lowest BCUT2D eigenvalue weighted by Crippen LogP contribution is -2.50. The number of fused-ring (bicyclic) bond motifs is 1. The van der Waals surface area contributed by atoms with Gasteiger partial charge in [-0.15, -0.1) is 0 Å². The molecule has 0 unspecified atom stereocenters. The third-order valence-corrected chi connectivity index (χ3v) is 5.89. The number of hydrogen-bond acceptors (Lipinski definition) is 5. The zero-order valence-corrected chi connectivity index (χ0v) is 17.8. The Morgan fingerprint density at radius 2 is 1.84 bits per heavy atom. The van der Waals surface area contributed by atoms with Gasteiger partial charge < -0.3 is 5.32 Å². The first-order valence-electron chi connectivity index (χ1n) is 10.7. The molecular weight excluding hydrogens is 394 g/mol. The van der Waals surface area contributed by atoms with Crippen LogP contribution in [0.5, 0.6) is 0 Å². The van der Waals surface area contributed by atoms with Gasteiger partial charge in [-0.2, -0.15) is 5.10 Å². The fraction of sp³-hybridized carbons (Fsp3) is 0.435. The lowest BCUT2D eigenvalue weighted by atomic mass is 9.85. The highest BCUT2D eigenvalue weighted by molar-refractivity contribution is 6.08. The lowest BCUT2D eigenvalue weighted by Gasteiger charge is -2.27. The fourth-order valence-electron chi connectivity index (χ4n) is 4.38. The number of amides is 3. The van der Waals surface area contributed by atoms with Crippen LogP contribution >= 0.6 is 0 Å². The standard InChI is InChI=1S/C23H27N5O3/c1-15(2)13-19(28-22(30)17-8-3-4-9-18(17)23(28)31)21(29)25-14-16-7-5-10-24-20(16)27-12-6-11-26-27/h3-7,10-12,15,17-19H,8-9,13-14H2,1-2H3,(H,25,29)/t17-,18-,19-/m1/s1. The summed E-state index contributed by atoms with van der Waals surface area (Å²) < 4.78 is 1.64. The van der Waals surface area contributed by atoms with E-state index >= 15 is 0 Å². The van der Waals surface area contributed by atoms with Crippen molar-refractivity contribution in [3.05, 3.63) is 54.5 Å². The van der Waals surface area contributed by atoms with Crippen molar-refractivity contribution in [2.75, 3.05) is 0 Å². The summed E-state index contributed by atoms with van der Waals surface area (Å²) in [6.45, 7) is 4.19. The van der Waals surface area contributed by atoms with Crippen LogP contribution in [0.2, 0.25) is 0 Å². The highest BCUT2D eigenvalue weighted by Crippen LogP contribution is 2.37. The summed E-state index contributed by atoms with van der Waals surface area (Å²) in [5.74, 6) is -0.682. The van der Waals surface area contributed by atoms with E-state index in [0.29, 0.717) is 25.1 Å². The Morgan fingerprint density at radius 1 is 1.13 bits per heavy atom. The van der Waals surface area contributed by atoms with Gasteiger partial charge in [0.15, 0.2) is 5.82 Å². The van der Waals surface area contributed by atoms with Crippen molar-refractivity contribution in [3.63, 3.8) is 0 Å². The van der Waals surface area contributed by atoms with E-state index in [0.717, 1.165) is 5.56 Å². The predicted molar refractivity (Wildman–Crippen MR) is 114 cm³/mol. The minimum atomic E-state index is -0.810. The number of nitrogens with one attached hydrogen (secondary N) is 1. The van der Waals surface area contributed by atoms with Gasteiger partial charge in [0.05, 0.1) is 11.8 Å². The molecule has 3 atom stereocenters. The number of carbonyl (C=O) groups excluding carboxylic acids is 3. The normalized spacial score (nSPS) is 21.5. The Morgan fingerprint density at radius 3 is 2.45 bits per heavy atom. The summed E-state index contributed by atoms with van der Waals surface area (Å²) in [5, 5.41) is 7.14. The summed E-state index contributed by atoms with van der Waals surface area (Å²) in [5.41, 5.74) is 0.791. The molecule has 2 aliphatic rings. The zero-order chi connectivity index (χ0) is 22.0. The average Bonchev–Trinajstić information content (AvgIpc) is 3.39. The van der Waals surface area contributed by atoms with Gasteiger partial charge in [-0.3, -0.25) is 19.3 Å². The van der Waals surface area contributed by atoms with Crippen LogP contribution in [-0.4, -0.2) is 43.4 Å². The number of pyridine rings is 1. The molecule has 4 rings (SSSR count). The first kappa shape index (κ1) is 21.0. The van der Waals surface area contributed by atoms with Gasteiger partial charge in [0, 0.05) is 30.7 Å². The quantitative estimate of drug-likeness (QED) is 0.546. The predicted octanol–water partition coefficient (Wildman–Crippen LogP) is 2.25. The zero-order valence-electron chi connectivity index (χ0n) is 17.8. The average molecular weight is 422 g/mol. The van der Waals surface area contributed by atoms with Crippen LogP contribution in [0.3, 0.4) is 0 Å². The van der Waals surface area contributed by atoms with E-state index in [1.54, 1.807) is 35.4 Å². The number of hydrogen-bond donors (Lipinski definition) is 1. The second kappa shape index (κ2) is 8.83. The van der Waals surface area contributed by atoms with Crippen molar-refractivity contribution >= 4 is 17.7 Å². The Hall–Kier alpha value is -3.29. The number of carbonyl (C=O) groups is 3. The van der Waals surface area contributed by atoms with Crippen molar-refractivity contribution in [1.29, 1.82) is 0 Å². The maximum atomic E-state index is 13.2. The molecule has 3 amide bonds. The number of rotatable bonds is 7.